The average Bonchev–Trinajstić information content (AvgIpc) is 3.33. The van der Waals surface area contributed by atoms with E-state index in [1.54, 1.807) is 42.9 Å². The lowest BCUT2D eigenvalue weighted by Gasteiger charge is -2.44. The normalized spacial score (nSPS) is 19.9. The van der Waals surface area contributed by atoms with Crippen LogP contribution < -0.4 is 10.5 Å². The number of benzene rings is 2. The summed E-state index contributed by atoms with van der Waals surface area (Å²) < 4.78 is 37.7. The Kier molecular flexibility index (Phi) is 4.84. The van der Waals surface area contributed by atoms with Crippen LogP contribution in [0.5, 0.6) is 5.75 Å². The number of alkyl halides is 2. The van der Waals surface area contributed by atoms with Crippen molar-refractivity contribution >= 4 is 28.3 Å². The first-order valence-electron chi connectivity index (χ1n) is 11.0. The Morgan fingerprint density at radius 3 is 2.94 bits per heavy atom. The fourth-order valence-corrected chi connectivity index (χ4v) is 5.07. The summed E-state index contributed by atoms with van der Waals surface area (Å²) in [7, 11) is 0. The van der Waals surface area contributed by atoms with Gasteiger partial charge in [-0.2, -0.15) is 8.78 Å². The van der Waals surface area contributed by atoms with Crippen molar-refractivity contribution in [1.29, 1.82) is 0 Å². The topological polar surface area (TPSA) is 95.0 Å². The molecule has 0 radical (unpaired) electrons. The third kappa shape index (κ3) is 3.33. The number of halogens is 2. The molecule has 4 aromatic rings. The van der Waals surface area contributed by atoms with E-state index in [1.165, 1.54) is 6.07 Å². The second-order valence-electron chi connectivity index (χ2n) is 8.52. The number of fused-ring (bicyclic) bond motifs is 6. The molecule has 2 aliphatic heterocycles. The number of hydrogen-bond acceptors (Lipinski definition) is 6. The maximum Gasteiger partial charge on any atom is 0.387 e. The molecular formula is C24H21F2N5O3. The predicted octanol–water partition coefficient (Wildman–Crippen LogP) is 3.94. The summed E-state index contributed by atoms with van der Waals surface area (Å²) in [5.74, 6) is 0.315. The fourth-order valence-electron chi connectivity index (χ4n) is 5.07. The van der Waals surface area contributed by atoms with Crippen LogP contribution in [-0.2, 0) is 11.3 Å². The number of ether oxygens (including phenoxy) is 2. The minimum absolute atomic E-state index is 0.0788. The molecule has 2 N–H and O–H groups in total. The molecule has 0 saturated carbocycles. The predicted molar refractivity (Wildman–Crippen MR) is 120 cm³/mol. The van der Waals surface area contributed by atoms with Crippen molar-refractivity contribution in [2.45, 2.75) is 38.2 Å². The van der Waals surface area contributed by atoms with E-state index < -0.39 is 6.61 Å². The van der Waals surface area contributed by atoms with Crippen molar-refractivity contribution in [2.75, 3.05) is 12.3 Å². The standard InChI is InChI=1S/C24H21F2N5O3/c25-24(26)34-15-4-5-16-14(8-15)11-33-20-2-1-7-30(21(16)20)23(32)13-3-6-17-18(9-13)31-12-28-10-19(31)22(27)29-17/h3-6,8-10,12,20-21,24H,1-2,7,11H2,(H2,27,29)/t20-,21-/m0/s1. The fraction of sp³-hybridized carbons (Fsp3) is 0.292. The zero-order chi connectivity index (χ0) is 23.4. The second kappa shape index (κ2) is 7.91. The molecule has 2 atom stereocenters. The monoisotopic (exact) mass is 465 g/mol. The van der Waals surface area contributed by atoms with Gasteiger partial charge in [0.25, 0.3) is 5.91 Å². The number of imidazole rings is 1. The summed E-state index contributed by atoms with van der Waals surface area (Å²) in [6.07, 6.45) is 4.75. The first-order chi connectivity index (χ1) is 16.5. The van der Waals surface area contributed by atoms with Gasteiger partial charge in [-0.05, 0) is 54.3 Å². The Hall–Kier alpha value is -3.79. The molecule has 4 heterocycles. The van der Waals surface area contributed by atoms with Crippen molar-refractivity contribution in [2.24, 2.45) is 0 Å². The van der Waals surface area contributed by atoms with Gasteiger partial charge in [0.15, 0.2) is 0 Å². The van der Waals surface area contributed by atoms with Crippen molar-refractivity contribution in [3.05, 3.63) is 65.6 Å². The molecule has 1 saturated heterocycles. The van der Waals surface area contributed by atoms with E-state index in [-0.39, 0.29) is 23.8 Å². The lowest BCUT2D eigenvalue weighted by atomic mass is 9.87. The van der Waals surface area contributed by atoms with Crippen LogP contribution in [0.25, 0.3) is 16.6 Å². The van der Waals surface area contributed by atoms with Crippen molar-refractivity contribution in [1.82, 2.24) is 19.3 Å². The number of carbonyl (C=O) groups is 1. The summed E-state index contributed by atoms with van der Waals surface area (Å²) in [6.45, 7) is -2.04. The summed E-state index contributed by atoms with van der Waals surface area (Å²) in [5, 5.41) is 0. The van der Waals surface area contributed by atoms with Crippen molar-refractivity contribution in [3.63, 3.8) is 0 Å². The maximum atomic E-state index is 13.7. The zero-order valence-electron chi connectivity index (χ0n) is 18.0. The molecule has 0 spiro atoms. The van der Waals surface area contributed by atoms with Crippen LogP contribution in [0, 0.1) is 0 Å². The molecule has 2 aromatic carbocycles. The summed E-state index contributed by atoms with van der Waals surface area (Å²) >= 11 is 0. The highest BCUT2D eigenvalue weighted by molar-refractivity contribution is 5.98. The molecule has 2 aromatic heterocycles. The number of amides is 1. The molecule has 0 unspecified atom stereocenters. The number of likely N-dealkylation sites (tertiary alicyclic amines) is 1. The Morgan fingerprint density at radius 2 is 2.09 bits per heavy atom. The summed E-state index contributed by atoms with van der Waals surface area (Å²) in [6, 6.07) is 9.86. The van der Waals surface area contributed by atoms with Gasteiger partial charge in [0, 0.05) is 12.1 Å². The number of nitrogens with zero attached hydrogens (tertiary/aromatic N) is 4. The van der Waals surface area contributed by atoms with Crippen LogP contribution in [0.3, 0.4) is 0 Å². The molecule has 174 valence electrons. The molecule has 1 amide bonds. The van der Waals surface area contributed by atoms with Crippen LogP contribution in [0.1, 0.15) is 40.4 Å². The lowest BCUT2D eigenvalue weighted by Crippen LogP contribution is -2.48. The largest absolute Gasteiger partial charge is 0.435 e. The molecule has 0 bridgehead atoms. The molecule has 34 heavy (non-hydrogen) atoms. The smallest absolute Gasteiger partial charge is 0.387 e. The number of hydrogen-bond donors (Lipinski definition) is 1. The quantitative estimate of drug-likeness (QED) is 0.493. The number of aromatic nitrogens is 3. The minimum atomic E-state index is -2.90. The zero-order valence-corrected chi connectivity index (χ0v) is 18.0. The van der Waals surface area contributed by atoms with E-state index in [0.717, 1.165) is 29.5 Å². The molecule has 10 heteroatoms. The molecule has 6 rings (SSSR count). The summed E-state index contributed by atoms with van der Waals surface area (Å²) in [5.41, 5.74) is 10.3. The minimum Gasteiger partial charge on any atom is -0.435 e. The SMILES string of the molecule is Nc1nc2ccc(C(=O)N3CCC[C@@H]4OCc5cc(OC(F)F)ccc5[C@@H]43)cc2n2cncc12. The average molecular weight is 465 g/mol. The molecular weight excluding hydrogens is 444 g/mol. The number of carbonyl (C=O) groups excluding carboxylic acids is 1. The first kappa shape index (κ1) is 20.8. The summed E-state index contributed by atoms with van der Waals surface area (Å²) in [4.78, 5) is 24.1. The van der Waals surface area contributed by atoms with Gasteiger partial charge in [-0.25, -0.2) is 9.97 Å². The van der Waals surface area contributed by atoms with Gasteiger partial charge in [-0.3, -0.25) is 9.20 Å². The Bertz CT molecular complexity index is 1420. The van der Waals surface area contributed by atoms with E-state index >= 15 is 0 Å². The first-order valence-corrected chi connectivity index (χ1v) is 11.0. The van der Waals surface area contributed by atoms with Gasteiger partial charge in [0.2, 0.25) is 0 Å². The third-order valence-corrected chi connectivity index (χ3v) is 6.57. The van der Waals surface area contributed by atoms with Gasteiger partial charge in [0.1, 0.15) is 17.1 Å². The Balaban J connectivity index is 1.39. The number of nitrogens with two attached hydrogens (primary N) is 1. The van der Waals surface area contributed by atoms with Gasteiger partial charge in [-0.15, -0.1) is 0 Å². The highest BCUT2D eigenvalue weighted by Gasteiger charge is 2.40. The van der Waals surface area contributed by atoms with Gasteiger partial charge < -0.3 is 20.1 Å². The van der Waals surface area contributed by atoms with Gasteiger partial charge >= 0.3 is 6.61 Å². The van der Waals surface area contributed by atoms with Crippen molar-refractivity contribution in [3.8, 4) is 5.75 Å². The van der Waals surface area contributed by atoms with Gasteiger partial charge in [0.05, 0.1) is 42.3 Å². The van der Waals surface area contributed by atoms with Crippen LogP contribution in [0.2, 0.25) is 0 Å². The Morgan fingerprint density at radius 1 is 1.21 bits per heavy atom. The van der Waals surface area contributed by atoms with Crippen LogP contribution in [-0.4, -0.2) is 44.4 Å². The van der Waals surface area contributed by atoms with E-state index in [1.807, 2.05) is 9.30 Å². The van der Waals surface area contributed by atoms with E-state index in [0.29, 0.717) is 35.6 Å². The van der Waals surface area contributed by atoms with Crippen molar-refractivity contribution < 1.29 is 23.0 Å². The van der Waals surface area contributed by atoms with E-state index in [2.05, 4.69) is 14.7 Å². The molecule has 1 fully saturated rings. The number of nitrogen functional groups attached to an aromatic ring is 1. The Labute approximate surface area is 192 Å². The second-order valence-corrected chi connectivity index (χ2v) is 8.52. The maximum absolute atomic E-state index is 13.7. The van der Waals surface area contributed by atoms with E-state index in [4.69, 9.17) is 10.5 Å². The van der Waals surface area contributed by atoms with Crippen LogP contribution >= 0.6 is 0 Å². The van der Waals surface area contributed by atoms with Crippen LogP contribution in [0.15, 0.2) is 48.9 Å². The highest BCUT2D eigenvalue weighted by Crippen LogP contribution is 2.41. The molecule has 0 aliphatic carbocycles. The molecule has 8 nitrogen and oxygen atoms in total. The van der Waals surface area contributed by atoms with Crippen LogP contribution in [0.4, 0.5) is 14.6 Å². The lowest BCUT2D eigenvalue weighted by molar-refractivity contribution is -0.0590. The van der Waals surface area contributed by atoms with Gasteiger partial charge in [-0.1, -0.05) is 6.07 Å². The molecule has 2 aliphatic rings. The third-order valence-electron chi connectivity index (χ3n) is 6.57. The number of rotatable bonds is 3. The highest BCUT2D eigenvalue weighted by atomic mass is 19.3. The van der Waals surface area contributed by atoms with E-state index in [9.17, 15) is 13.6 Å². The number of piperidine rings is 1. The number of anilines is 1.